The van der Waals surface area contributed by atoms with Gasteiger partial charge in [0.05, 0.1) is 11.4 Å². The molecule has 0 atom stereocenters. The third-order valence-electron chi connectivity index (χ3n) is 3.09. The van der Waals surface area contributed by atoms with Gasteiger partial charge in [-0.15, -0.1) is 12.4 Å². The smallest absolute Gasteiger partial charge is 0.0525 e. The van der Waals surface area contributed by atoms with Crippen molar-refractivity contribution in [3.63, 3.8) is 0 Å². The number of hydrogen-bond acceptors (Lipinski definition) is 3. The Morgan fingerprint density at radius 1 is 1.10 bits per heavy atom. The summed E-state index contributed by atoms with van der Waals surface area (Å²) in [6, 6.07) is 4.54. The lowest BCUT2D eigenvalue weighted by Crippen LogP contribution is -2.19. The van der Waals surface area contributed by atoms with Gasteiger partial charge in [-0.3, -0.25) is 9.36 Å². The zero-order valence-corrected chi connectivity index (χ0v) is 13.2. The lowest BCUT2D eigenvalue weighted by Gasteiger charge is -2.12. The number of hydrogen-bond donors (Lipinski definition) is 1. The summed E-state index contributed by atoms with van der Waals surface area (Å²) in [6.45, 7) is 9.10. The molecule has 1 N–H and O–H groups in total. The predicted octanol–water partition coefficient (Wildman–Crippen LogP) is 2.78. The Hall–Kier alpha value is -1.33. The Kier molecular flexibility index (Phi) is 6.75. The van der Waals surface area contributed by atoms with Gasteiger partial charge in [-0.2, -0.15) is 10.2 Å². The van der Waals surface area contributed by atoms with Gasteiger partial charge in [-0.1, -0.05) is 6.92 Å². The van der Waals surface area contributed by atoms with Crippen molar-refractivity contribution in [1.29, 1.82) is 0 Å². The zero-order chi connectivity index (χ0) is 13.7. The fourth-order valence-corrected chi connectivity index (χ4v) is 2.19. The molecular formula is C14H24ClN5. The van der Waals surface area contributed by atoms with Gasteiger partial charge < -0.3 is 5.32 Å². The summed E-state index contributed by atoms with van der Waals surface area (Å²) >= 11 is 0. The maximum atomic E-state index is 4.34. The van der Waals surface area contributed by atoms with Gasteiger partial charge in [0.1, 0.15) is 0 Å². The van der Waals surface area contributed by atoms with Gasteiger partial charge in [0, 0.05) is 38.1 Å². The van der Waals surface area contributed by atoms with E-state index in [1.54, 1.807) is 0 Å². The van der Waals surface area contributed by atoms with Crippen LogP contribution in [-0.2, 0) is 19.6 Å². The molecule has 0 saturated heterocycles. The van der Waals surface area contributed by atoms with E-state index < -0.39 is 0 Å². The molecule has 2 aromatic rings. The summed E-state index contributed by atoms with van der Waals surface area (Å²) in [7, 11) is 0. The first-order chi connectivity index (χ1) is 9.22. The maximum absolute atomic E-state index is 4.34. The second kappa shape index (κ2) is 8.07. The van der Waals surface area contributed by atoms with Crippen molar-refractivity contribution in [2.45, 2.75) is 52.9 Å². The first-order valence-corrected chi connectivity index (χ1v) is 6.96. The van der Waals surface area contributed by atoms with Crippen LogP contribution in [0.1, 0.15) is 44.6 Å². The minimum Gasteiger partial charge on any atom is -0.306 e. The fourth-order valence-electron chi connectivity index (χ4n) is 2.19. The lowest BCUT2D eigenvalue weighted by molar-refractivity contribution is 0.489. The molecule has 5 nitrogen and oxygen atoms in total. The molecule has 0 saturated carbocycles. The molecule has 0 bridgehead atoms. The van der Waals surface area contributed by atoms with Crippen LogP contribution in [-0.4, -0.2) is 19.6 Å². The highest BCUT2D eigenvalue weighted by molar-refractivity contribution is 5.85. The molecule has 0 amide bonds. The standard InChI is InChI=1S/C14H23N5.ClH/c1-4-9-18-13(5-7-16-18)10-15-11-14-6-8-17-19(14)12(2)3;/h5-8,12,15H,4,9-11H2,1-3H3;1H. The number of nitrogens with one attached hydrogen (secondary N) is 1. The Morgan fingerprint density at radius 3 is 2.45 bits per heavy atom. The summed E-state index contributed by atoms with van der Waals surface area (Å²) in [5, 5.41) is 12.1. The molecule has 2 rings (SSSR count). The molecule has 0 aromatic carbocycles. The van der Waals surface area contributed by atoms with Gasteiger partial charge >= 0.3 is 0 Å². The second-order valence-electron chi connectivity index (χ2n) is 5.01. The first-order valence-electron chi connectivity index (χ1n) is 6.96. The van der Waals surface area contributed by atoms with Crippen LogP contribution in [0.5, 0.6) is 0 Å². The van der Waals surface area contributed by atoms with Crippen LogP contribution < -0.4 is 5.32 Å². The third-order valence-corrected chi connectivity index (χ3v) is 3.09. The summed E-state index contributed by atoms with van der Waals surface area (Å²) in [5.41, 5.74) is 2.45. The van der Waals surface area contributed by atoms with Crippen LogP contribution in [0.3, 0.4) is 0 Å². The Morgan fingerprint density at radius 2 is 1.75 bits per heavy atom. The highest BCUT2D eigenvalue weighted by Gasteiger charge is 2.06. The molecule has 0 radical (unpaired) electrons. The van der Waals surface area contributed by atoms with Crippen molar-refractivity contribution in [3.8, 4) is 0 Å². The van der Waals surface area contributed by atoms with Gasteiger partial charge in [-0.05, 0) is 32.4 Å². The van der Waals surface area contributed by atoms with E-state index in [1.807, 2.05) is 12.4 Å². The van der Waals surface area contributed by atoms with E-state index in [0.29, 0.717) is 6.04 Å². The number of aryl methyl sites for hydroxylation is 1. The average molecular weight is 298 g/mol. The molecule has 6 heteroatoms. The summed E-state index contributed by atoms with van der Waals surface area (Å²) in [5.74, 6) is 0. The Bertz CT molecular complexity index is 503. The Balaban J connectivity index is 0.00000200. The van der Waals surface area contributed by atoms with Crippen molar-refractivity contribution < 1.29 is 0 Å². The zero-order valence-electron chi connectivity index (χ0n) is 12.4. The van der Waals surface area contributed by atoms with Gasteiger partial charge in [0.2, 0.25) is 0 Å². The predicted molar refractivity (Wildman–Crippen MR) is 82.9 cm³/mol. The van der Waals surface area contributed by atoms with Crippen LogP contribution in [0.25, 0.3) is 0 Å². The number of rotatable bonds is 7. The summed E-state index contributed by atoms with van der Waals surface area (Å²) in [6.07, 6.45) is 4.83. The van der Waals surface area contributed by atoms with Gasteiger partial charge in [-0.25, -0.2) is 0 Å². The minimum atomic E-state index is 0. The maximum Gasteiger partial charge on any atom is 0.0525 e. The van der Waals surface area contributed by atoms with E-state index in [9.17, 15) is 0 Å². The summed E-state index contributed by atoms with van der Waals surface area (Å²) in [4.78, 5) is 0. The van der Waals surface area contributed by atoms with Gasteiger partial charge in [0.15, 0.2) is 0 Å². The Labute approximate surface area is 126 Å². The quantitative estimate of drug-likeness (QED) is 0.855. The minimum absolute atomic E-state index is 0. The molecule has 0 fully saturated rings. The topological polar surface area (TPSA) is 47.7 Å². The molecule has 0 aliphatic heterocycles. The first kappa shape index (κ1) is 16.7. The normalized spacial score (nSPS) is 10.8. The molecule has 20 heavy (non-hydrogen) atoms. The van der Waals surface area contributed by atoms with E-state index in [2.05, 4.69) is 57.8 Å². The molecule has 112 valence electrons. The third kappa shape index (κ3) is 4.08. The monoisotopic (exact) mass is 297 g/mol. The molecular weight excluding hydrogens is 274 g/mol. The van der Waals surface area contributed by atoms with Crippen LogP contribution in [0, 0.1) is 0 Å². The number of aromatic nitrogens is 4. The highest BCUT2D eigenvalue weighted by Crippen LogP contribution is 2.08. The van der Waals surface area contributed by atoms with Crippen molar-refractivity contribution >= 4 is 12.4 Å². The number of halogens is 1. The molecule has 0 spiro atoms. The molecule has 2 heterocycles. The average Bonchev–Trinajstić information content (AvgIpc) is 2.99. The van der Waals surface area contributed by atoms with E-state index >= 15 is 0 Å². The van der Waals surface area contributed by atoms with E-state index in [1.165, 1.54) is 11.4 Å². The van der Waals surface area contributed by atoms with Crippen LogP contribution in [0.15, 0.2) is 24.5 Å². The SMILES string of the molecule is CCCn1nccc1CNCc1ccnn1C(C)C.Cl. The van der Waals surface area contributed by atoms with Crippen molar-refractivity contribution in [1.82, 2.24) is 24.9 Å². The fraction of sp³-hybridized carbons (Fsp3) is 0.571. The van der Waals surface area contributed by atoms with Gasteiger partial charge in [0.25, 0.3) is 0 Å². The number of nitrogens with zero attached hydrogens (tertiary/aromatic N) is 4. The highest BCUT2D eigenvalue weighted by atomic mass is 35.5. The molecule has 0 aliphatic carbocycles. The van der Waals surface area contributed by atoms with Crippen molar-refractivity contribution in [3.05, 3.63) is 35.9 Å². The largest absolute Gasteiger partial charge is 0.306 e. The molecule has 0 aliphatic rings. The van der Waals surface area contributed by atoms with E-state index in [4.69, 9.17) is 0 Å². The van der Waals surface area contributed by atoms with Crippen molar-refractivity contribution in [2.75, 3.05) is 0 Å². The second-order valence-corrected chi connectivity index (χ2v) is 5.01. The molecule has 0 unspecified atom stereocenters. The molecule has 2 aromatic heterocycles. The van der Waals surface area contributed by atoms with Crippen LogP contribution in [0.2, 0.25) is 0 Å². The summed E-state index contributed by atoms with van der Waals surface area (Å²) < 4.78 is 4.11. The van der Waals surface area contributed by atoms with E-state index in [0.717, 1.165) is 26.1 Å². The van der Waals surface area contributed by atoms with Crippen LogP contribution in [0.4, 0.5) is 0 Å². The van der Waals surface area contributed by atoms with E-state index in [-0.39, 0.29) is 12.4 Å². The lowest BCUT2D eigenvalue weighted by atomic mass is 10.3. The van der Waals surface area contributed by atoms with Crippen LogP contribution >= 0.6 is 12.4 Å². The van der Waals surface area contributed by atoms with Crippen molar-refractivity contribution in [2.24, 2.45) is 0 Å².